The highest BCUT2D eigenvalue weighted by Gasteiger charge is 2.56. The van der Waals surface area contributed by atoms with Gasteiger partial charge in [0.15, 0.2) is 0 Å². The minimum atomic E-state index is -1.36. The first-order valence-electron chi connectivity index (χ1n) is 10.8. The number of aliphatic carboxylic acids is 1. The zero-order chi connectivity index (χ0) is 26.4. The van der Waals surface area contributed by atoms with Crippen LogP contribution in [-0.4, -0.2) is 49.5 Å². The van der Waals surface area contributed by atoms with E-state index in [1.807, 2.05) is 0 Å². The third kappa shape index (κ3) is 4.61. The highest BCUT2D eigenvalue weighted by Crippen LogP contribution is 2.54. The van der Waals surface area contributed by atoms with Gasteiger partial charge in [-0.3, -0.25) is 34.2 Å². The first-order chi connectivity index (χ1) is 17.6. The van der Waals surface area contributed by atoms with Gasteiger partial charge in [0.25, 0.3) is 5.69 Å². The number of thioether (sulfide) groups is 1. The van der Waals surface area contributed by atoms with Crippen LogP contribution in [0.1, 0.15) is 21.9 Å². The van der Waals surface area contributed by atoms with Gasteiger partial charge in [-0.2, -0.15) is 0 Å². The average Bonchev–Trinajstić information content (AvgIpc) is 3.33. The van der Waals surface area contributed by atoms with E-state index in [9.17, 15) is 34.4 Å². The Bertz CT molecular complexity index is 1520. The van der Waals surface area contributed by atoms with Crippen molar-refractivity contribution in [2.24, 2.45) is 5.92 Å². The second-order valence-corrected chi connectivity index (χ2v) is 10.9. The first-order valence-corrected chi connectivity index (χ1v) is 12.8. The number of halogens is 1. The molecule has 5 rings (SSSR count). The van der Waals surface area contributed by atoms with E-state index in [1.165, 1.54) is 18.2 Å². The number of carbonyl (C=O) groups is 3. The molecular formula is C23H16ClN3O8S2. The number of nitrogens with zero attached hydrogens (tertiary/aromatic N) is 2. The molecule has 3 heterocycles. The van der Waals surface area contributed by atoms with E-state index in [1.54, 1.807) is 24.3 Å². The molecule has 2 N–H and O–H groups in total. The van der Waals surface area contributed by atoms with Crippen LogP contribution >= 0.6 is 34.7 Å². The maximum atomic E-state index is 13.4. The number of aromatic amines is 1. The molecule has 11 nitrogen and oxygen atoms in total. The number of carboxylic acids is 1. The van der Waals surface area contributed by atoms with Crippen molar-refractivity contribution in [1.82, 2.24) is 9.88 Å². The Morgan fingerprint density at radius 2 is 1.97 bits per heavy atom. The Balaban J connectivity index is 1.63. The Labute approximate surface area is 221 Å². The van der Waals surface area contributed by atoms with Gasteiger partial charge in [-0.1, -0.05) is 46.8 Å². The zero-order valence-electron chi connectivity index (χ0n) is 18.6. The number of nitro groups is 1. The molecular weight excluding hydrogens is 546 g/mol. The quantitative estimate of drug-likeness (QED) is 0.251. The van der Waals surface area contributed by atoms with E-state index in [-0.39, 0.29) is 23.6 Å². The van der Waals surface area contributed by atoms with Crippen molar-refractivity contribution in [1.29, 1.82) is 0 Å². The van der Waals surface area contributed by atoms with Crippen LogP contribution in [0, 0.1) is 16.0 Å². The summed E-state index contributed by atoms with van der Waals surface area (Å²) in [6.07, 6.45) is 0. The number of amides is 2. The fourth-order valence-corrected chi connectivity index (χ4v) is 7.25. The number of H-pyrrole nitrogens is 1. The topological polar surface area (TPSA) is 160 Å². The van der Waals surface area contributed by atoms with Crippen molar-refractivity contribution in [3.63, 3.8) is 0 Å². The summed E-state index contributed by atoms with van der Waals surface area (Å²) in [5.41, 5.74) is 0.686. The fraction of sp³-hybridized carbons (Fsp3) is 0.217. The van der Waals surface area contributed by atoms with E-state index >= 15 is 0 Å². The number of fused-ring (bicyclic) bond motifs is 2. The normalized spacial score (nSPS) is 20.5. The van der Waals surface area contributed by atoms with Crippen molar-refractivity contribution in [3.8, 4) is 5.75 Å². The zero-order valence-corrected chi connectivity index (χ0v) is 21.0. The van der Waals surface area contributed by atoms with Crippen LogP contribution in [0.2, 0.25) is 5.02 Å². The van der Waals surface area contributed by atoms with E-state index in [4.69, 9.17) is 16.3 Å². The SMILES string of the molecule is O=C(O)CN1C(=O)[C@@H]2[C@H](c3cc([N+](=O)[O-])ccc3OCc3cccc(Cl)c3)c3sc(=O)[nH]c3S[C@@H]2C1=O. The molecule has 14 heteroatoms. The van der Waals surface area contributed by atoms with Gasteiger partial charge in [0.2, 0.25) is 11.8 Å². The largest absolute Gasteiger partial charge is 0.489 e. The number of benzene rings is 2. The number of nitro benzene ring substituents is 1. The van der Waals surface area contributed by atoms with E-state index < -0.39 is 51.2 Å². The van der Waals surface area contributed by atoms with Gasteiger partial charge in [-0.05, 0) is 23.8 Å². The van der Waals surface area contributed by atoms with Crippen LogP contribution in [0.15, 0.2) is 52.3 Å². The monoisotopic (exact) mass is 561 g/mol. The third-order valence-electron chi connectivity index (χ3n) is 6.03. The van der Waals surface area contributed by atoms with Crippen LogP contribution in [0.4, 0.5) is 5.69 Å². The molecule has 0 unspecified atom stereocenters. The third-order valence-corrected chi connectivity index (χ3v) is 8.67. The summed E-state index contributed by atoms with van der Waals surface area (Å²) >= 11 is 7.86. The summed E-state index contributed by atoms with van der Waals surface area (Å²) in [6, 6.07) is 10.8. The number of carboxylic acid groups (broad SMARTS) is 1. The standard InChI is InChI=1S/C23H16ClN3O8S2/c24-11-3-1-2-10(6-11)9-35-14-5-4-12(27(33)34)7-13(14)16-17-19(36-20-18(16)37-23(32)25-20)22(31)26(21(17)30)8-15(28)29/h1-7,16-17,19H,8-9H2,(H,25,32)(H,28,29)/t16-,17+,19-/m0/s1. The lowest BCUT2D eigenvalue weighted by atomic mass is 9.82. The number of carbonyl (C=O) groups excluding carboxylic acids is 2. The number of likely N-dealkylation sites (tertiary alicyclic amines) is 1. The molecule has 1 saturated heterocycles. The van der Waals surface area contributed by atoms with Crippen molar-refractivity contribution >= 4 is 58.2 Å². The van der Waals surface area contributed by atoms with Gasteiger partial charge >= 0.3 is 10.8 Å². The molecule has 0 saturated carbocycles. The number of ether oxygens (including phenoxy) is 1. The number of hydrogen-bond acceptors (Lipinski definition) is 9. The molecule has 0 bridgehead atoms. The Morgan fingerprint density at radius 1 is 1.19 bits per heavy atom. The number of imide groups is 1. The van der Waals surface area contributed by atoms with E-state index in [2.05, 4.69) is 4.98 Å². The highest BCUT2D eigenvalue weighted by molar-refractivity contribution is 8.00. The van der Waals surface area contributed by atoms with Crippen LogP contribution in [0.25, 0.3) is 0 Å². The highest BCUT2D eigenvalue weighted by atomic mass is 35.5. The average molecular weight is 562 g/mol. The lowest BCUT2D eigenvalue weighted by molar-refractivity contribution is -0.385. The fourth-order valence-electron chi connectivity index (χ4n) is 4.51. The van der Waals surface area contributed by atoms with Crippen LogP contribution < -0.4 is 9.61 Å². The number of thiazole rings is 1. The second-order valence-electron chi connectivity index (χ2n) is 8.30. The van der Waals surface area contributed by atoms with Crippen LogP contribution in [-0.2, 0) is 21.0 Å². The van der Waals surface area contributed by atoms with Gasteiger partial charge in [0.05, 0.1) is 15.9 Å². The summed E-state index contributed by atoms with van der Waals surface area (Å²) in [7, 11) is 0. The molecule has 1 fully saturated rings. The first kappa shape index (κ1) is 25.0. The number of rotatable bonds is 7. The van der Waals surface area contributed by atoms with Crippen molar-refractivity contribution < 1.29 is 29.2 Å². The Hall–Kier alpha value is -3.68. The smallest absolute Gasteiger partial charge is 0.323 e. The van der Waals surface area contributed by atoms with Crippen LogP contribution in [0.5, 0.6) is 5.75 Å². The summed E-state index contributed by atoms with van der Waals surface area (Å²) in [4.78, 5) is 64.4. The summed E-state index contributed by atoms with van der Waals surface area (Å²) < 4.78 is 6.01. The molecule has 0 spiro atoms. The number of hydrogen-bond donors (Lipinski definition) is 2. The number of nitrogens with one attached hydrogen (secondary N) is 1. The Morgan fingerprint density at radius 3 is 2.68 bits per heavy atom. The minimum Gasteiger partial charge on any atom is -0.489 e. The molecule has 2 amide bonds. The Kier molecular flexibility index (Phi) is 6.52. The summed E-state index contributed by atoms with van der Waals surface area (Å²) in [5, 5.41) is 20.7. The molecule has 3 atom stereocenters. The summed E-state index contributed by atoms with van der Waals surface area (Å²) in [5.74, 6) is -4.62. The second kappa shape index (κ2) is 9.65. The molecule has 2 aliphatic rings. The molecule has 2 aromatic carbocycles. The van der Waals surface area contributed by atoms with Gasteiger partial charge in [0, 0.05) is 33.5 Å². The lowest BCUT2D eigenvalue weighted by Crippen LogP contribution is -2.36. The van der Waals surface area contributed by atoms with Crippen molar-refractivity contribution in [2.45, 2.75) is 22.8 Å². The molecule has 3 aromatic rings. The number of aromatic nitrogens is 1. The van der Waals surface area contributed by atoms with Gasteiger partial charge in [-0.15, -0.1) is 0 Å². The predicted octanol–water partition coefficient (Wildman–Crippen LogP) is 3.25. The maximum Gasteiger partial charge on any atom is 0.323 e. The molecule has 1 aromatic heterocycles. The maximum absolute atomic E-state index is 13.4. The van der Waals surface area contributed by atoms with Gasteiger partial charge in [-0.25, -0.2) is 0 Å². The van der Waals surface area contributed by atoms with Gasteiger partial charge < -0.3 is 14.8 Å². The van der Waals surface area contributed by atoms with E-state index in [0.717, 1.165) is 28.7 Å². The van der Waals surface area contributed by atoms with Gasteiger partial charge in [0.1, 0.15) is 24.2 Å². The number of non-ortho nitro benzene ring substituents is 1. The van der Waals surface area contributed by atoms with E-state index in [0.29, 0.717) is 19.8 Å². The summed E-state index contributed by atoms with van der Waals surface area (Å²) in [6.45, 7) is -0.760. The molecule has 0 radical (unpaired) electrons. The lowest BCUT2D eigenvalue weighted by Gasteiger charge is -2.30. The van der Waals surface area contributed by atoms with Crippen molar-refractivity contribution in [2.75, 3.05) is 6.54 Å². The molecule has 2 aliphatic heterocycles. The minimum absolute atomic E-state index is 0.0508. The van der Waals surface area contributed by atoms with Crippen molar-refractivity contribution in [3.05, 3.63) is 83.3 Å². The molecule has 37 heavy (non-hydrogen) atoms. The molecule has 0 aliphatic carbocycles. The van der Waals surface area contributed by atoms with Crippen LogP contribution in [0.3, 0.4) is 0 Å². The molecule has 190 valence electrons. The predicted molar refractivity (Wildman–Crippen MR) is 133 cm³/mol.